The summed E-state index contributed by atoms with van der Waals surface area (Å²) >= 11 is 5.77. The fraction of sp³-hybridized carbons (Fsp3) is 0.625. The molecule has 20 heavy (non-hydrogen) atoms. The van der Waals surface area contributed by atoms with Crippen molar-refractivity contribution in [1.82, 2.24) is 10.2 Å². The molecule has 0 spiro atoms. The van der Waals surface area contributed by atoms with Crippen molar-refractivity contribution in [2.24, 2.45) is 5.92 Å². The third kappa shape index (κ3) is 5.04. The Balaban J connectivity index is 1.67. The number of hydrogen-bond acceptors (Lipinski definition) is 2. The number of rotatable bonds is 6. The fourth-order valence-corrected chi connectivity index (χ4v) is 2.96. The number of benzene rings is 1. The molecule has 2 rings (SSSR count). The van der Waals surface area contributed by atoms with Gasteiger partial charge in [-0.25, -0.2) is 4.39 Å². The van der Waals surface area contributed by atoms with E-state index in [0.29, 0.717) is 5.92 Å². The second kappa shape index (κ2) is 7.96. The summed E-state index contributed by atoms with van der Waals surface area (Å²) in [4.78, 5) is 2.56. The molecule has 0 aromatic heterocycles. The van der Waals surface area contributed by atoms with Crippen LogP contribution in [0, 0.1) is 11.7 Å². The minimum absolute atomic E-state index is 0.200. The zero-order chi connectivity index (χ0) is 14.4. The predicted molar refractivity (Wildman–Crippen MR) is 82.6 cm³/mol. The third-order valence-corrected chi connectivity index (χ3v) is 4.11. The van der Waals surface area contributed by atoms with E-state index in [2.05, 4.69) is 17.1 Å². The number of nitrogens with one attached hydrogen (secondary N) is 1. The van der Waals surface area contributed by atoms with Crippen LogP contribution in [0.25, 0.3) is 0 Å². The maximum absolute atomic E-state index is 13.1. The maximum atomic E-state index is 13.1. The molecule has 0 saturated carbocycles. The first kappa shape index (κ1) is 15.7. The lowest BCUT2D eigenvalue weighted by Gasteiger charge is -2.29. The molecule has 1 aliphatic rings. The van der Waals surface area contributed by atoms with Gasteiger partial charge in [0.25, 0.3) is 0 Å². The SMILES string of the molecule is CC(CNCc1ccc(F)c(Cl)c1)CN1CCCCC1. The Morgan fingerprint density at radius 1 is 1.30 bits per heavy atom. The van der Waals surface area contributed by atoms with Crippen molar-refractivity contribution in [3.8, 4) is 0 Å². The number of piperidine rings is 1. The van der Waals surface area contributed by atoms with Crippen LogP contribution in [0.2, 0.25) is 5.02 Å². The van der Waals surface area contributed by atoms with Gasteiger partial charge in [-0.3, -0.25) is 0 Å². The van der Waals surface area contributed by atoms with Crippen LogP contribution in [0.3, 0.4) is 0 Å². The van der Waals surface area contributed by atoms with E-state index in [-0.39, 0.29) is 10.8 Å². The maximum Gasteiger partial charge on any atom is 0.141 e. The summed E-state index contributed by atoms with van der Waals surface area (Å²) in [7, 11) is 0. The first-order valence-corrected chi connectivity index (χ1v) is 7.90. The molecule has 1 saturated heterocycles. The highest BCUT2D eigenvalue weighted by molar-refractivity contribution is 6.30. The molecule has 112 valence electrons. The molecule has 0 amide bonds. The Bertz CT molecular complexity index is 419. The molecule has 1 N–H and O–H groups in total. The van der Waals surface area contributed by atoms with Crippen LogP contribution in [0.4, 0.5) is 4.39 Å². The van der Waals surface area contributed by atoms with E-state index in [1.807, 2.05) is 0 Å². The predicted octanol–water partition coefficient (Wildman–Crippen LogP) is 3.69. The van der Waals surface area contributed by atoms with E-state index in [1.165, 1.54) is 38.4 Å². The molecule has 4 heteroatoms. The monoisotopic (exact) mass is 298 g/mol. The van der Waals surface area contributed by atoms with Gasteiger partial charge in [0.1, 0.15) is 5.82 Å². The zero-order valence-electron chi connectivity index (χ0n) is 12.2. The number of halogens is 2. The molecule has 2 nitrogen and oxygen atoms in total. The summed E-state index contributed by atoms with van der Waals surface area (Å²) in [5.74, 6) is 0.276. The van der Waals surface area contributed by atoms with Gasteiger partial charge in [-0.15, -0.1) is 0 Å². The second-order valence-corrected chi connectivity index (χ2v) is 6.25. The van der Waals surface area contributed by atoms with Crippen molar-refractivity contribution in [3.05, 3.63) is 34.6 Å². The molecule has 0 aliphatic carbocycles. The van der Waals surface area contributed by atoms with Gasteiger partial charge in [0.2, 0.25) is 0 Å². The lowest BCUT2D eigenvalue weighted by Crippen LogP contribution is -2.36. The standard InChI is InChI=1S/C16H24ClFN2/c1-13(12-20-7-3-2-4-8-20)10-19-11-14-5-6-16(18)15(17)9-14/h5-6,9,13,19H,2-4,7-8,10-12H2,1H3. The lowest BCUT2D eigenvalue weighted by atomic mass is 10.1. The summed E-state index contributed by atoms with van der Waals surface area (Å²) in [5.41, 5.74) is 1.03. The first-order chi connectivity index (χ1) is 9.65. The van der Waals surface area contributed by atoms with E-state index < -0.39 is 0 Å². The highest BCUT2D eigenvalue weighted by atomic mass is 35.5. The lowest BCUT2D eigenvalue weighted by molar-refractivity contribution is 0.199. The number of hydrogen-bond donors (Lipinski definition) is 1. The van der Waals surface area contributed by atoms with E-state index in [0.717, 1.165) is 25.2 Å². The van der Waals surface area contributed by atoms with Crippen LogP contribution in [0.15, 0.2) is 18.2 Å². The summed E-state index contributed by atoms with van der Waals surface area (Å²) < 4.78 is 13.1. The van der Waals surface area contributed by atoms with Crippen LogP contribution >= 0.6 is 11.6 Å². The fourth-order valence-electron chi connectivity index (χ4n) is 2.76. The average molecular weight is 299 g/mol. The van der Waals surface area contributed by atoms with Crippen molar-refractivity contribution in [2.75, 3.05) is 26.2 Å². The Morgan fingerprint density at radius 3 is 2.75 bits per heavy atom. The van der Waals surface area contributed by atoms with Crippen LogP contribution in [0.1, 0.15) is 31.7 Å². The molecule has 1 aromatic rings. The van der Waals surface area contributed by atoms with Crippen molar-refractivity contribution < 1.29 is 4.39 Å². The topological polar surface area (TPSA) is 15.3 Å². The van der Waals surface area contributed by atoms with Gasteiger partial charge in [-0.2, -0.15) is 0 Å². The summed E-state index contributed by atoms with van der Waals surface area (Å²) in [5, 5.41) is 3.63. The number of nitrogens with zero attached hydrogens (tertiary/aromatic N) is 1. The van der Waals surface area contributed by atoms with Crippen LogP contribution in [-0.4, -0.2) is 31.1 Å². The molecule has 1 fully saturated rings. The van der Waals surface area contributed by atoms with E-state index in [1.54, 1.807) is 12.1 Å². The van der Waals surface area contributed by atoms with Crippen molar-refractivity contribution in [2.45, 2.75) is 32.7 Å². The van der Waals surface area contributed by atoms with Crippen LogP contribution in [0.5, 0.6) is 0 Å². The van der Waals surface area contributed by atoms with Gasteiger partial charge >= 0.3 is 0 Å². The minimum atomic E-state index is -0.353. The van der Waals surface area contributed by atoms with Gasteiger partial charge in [0.15, 0.2) is 0 Å². The largest absolute Gasteiger partial charge is 0.312 e. The van der Waals surface area contributed by atoms with Gasteiger partial charge < -0.3 is 10.2 Å². The molecule has 1 atom stereocenters. The van der Waals surface area contributed by atoms with Crippen molar-refractivity contribution >= 4 is 11.6 Å². The average Bonchev–Trinajstić information content (AvgIpc) is 2.44. The van der Waals surface area contributed by atoms with Gasteiger partial charge in [-0.05, 0) is 56.1 Å². The van der Waals surface area contributed by atoms with Crippen LogP contribution < -0.4 is 5.32 Å². The quantitative estimate of drug-likeness (QED) is 0.861. The Hall–Kier alpha value is -0.640. The summed E-state index contributed by atoms with van der Waals surface area (Å²) in [6.45, 7) is 7.65. The Labute approximate surface area is 126 Å². The highest BCUT2D eigenvalue weighted by Crippen LogP contribution is 2.16. The summed E-state index contributed by atoms with van der Waals surface area (Å²) in [6.07, 6.45) is 4.07. The Morgan fingerprint density at radius 2 is 2.05 bits per heavy atom. The first-order valence-electron chi connectivity index (χ1n) is 7.52. The molecular formula is C16H24ClFN2. The molecule has 0 radical (unpaired) electrons. The molecule has 0 bridgehead atoms. The molecule has 1 aromatic carbocycles. The zero-order valence-corrected chi connectivity index (χ0v) is 12.9. The Kier molecular flexibility index (Phi) is 6.27. The van der Waals surface area contributed by atoms with E-state index >= 15 is 0 Å². The van der Waals surface area contributed by atoms with Crippen molar-refractivity contribution in [3.63, 3.8) is 0 Å². The normalized spacial score (nSPS) is 18.1. The molecule has 1 unspecified atom stereocenters. The van der Waals surface area contributed by atoms with Gasteiger partial charge in [0, 0.05) is 13.1 Å². The van der Waals surface area contributed by atoms with Crippen molar-refractivity contribution in [1.29, 1.82) is 0 Å². The van der Waals surface area contributed by atoms with Gasteiger partial charge in [0.05, 0.1) is 5.02 Å². The molecule has 1 aliphatic heterocycles. The molecule has 1 heterocycles. The van der Waals surface area contributed by atoms with E-state index in [9.17, 15) is 4.39 Å². The summed E-state index contributed by atoms with van der Waals surface area (Å²) in [6, 6.07) is 4.90. The van der Waals surface area contributed by atoms with Gasteiger partial charge in [-0.1, -0.05) is 31.0 Å². The smallest absolute Gasteiger partial charge is 0.141 e. The third-order valence-electron chi connectivity index (χ3n) is 3.82. The molecular weight excluding hydrogens is 275 g/mol. The number of likely N-dealkylation sites (tertiary alicyclic amines) is 1. The second-order valence-electron chi connectivity index (χ2n) is 5.85. The van der Waals surface area contributed by atoms with Crippen LogP contribution in [-0.2, 0) is 6.54 Å². The van der Waals surface area contributed by atoms with E-state index in [4.69, 9.17) is 11.6 Å². The minimum Gasteiger partial charge on any atom is -0.312 e. The highest BCUT2D eigenvalue weighted by Gasteiger charge is 2.13.